The summed E-state index contributed by atoms with van der Waals surface area (Å²) in [6.07, 6.45) is 7.72. The smallest absolute Gasteiger partial charge is 0.117 e. The van der Waals surface area contributed by atoms with Crippen LogP contribution in [0.2, 0.25) is 0 Å². The van der Waals surface area contributed by atoms with Crippen LogP contribution in [0.15, 0.2) is 22.8 Å². The number of nitrogens with zero attached hydrogens (tertiary/aromatic N) is 1. The zero-order chi connectivity index (χ0) is 11.6. The fraction of sp³-hybridized carbons (Fsp3) is 0.545. The number of nitrogens with one attached hydrogen (secondary N) is 2. The molecule has 0 aliphatic carbocycles. The van der Waals surface area contributed by atoms with Crippen LogP contribution in [0, 0.1) is 0 Å². The maximum absolute atomic E-state index is 4.37. The molecule has 16 heavy (non-hydrogen) atoms. The van der Waals surface area contributed by atoms with Crippen molar-refractivity contribution in [3.8, 4) is 0 Å². The molecular weight excluding hydrogens is 286 g/mol. The first kappa shape index (κ1) is 13.7. The lowest BCUT2D eigenvalue weighted by molar-refractivity contribution is 0.558. The molecule has 1 heterocycles. The second-order valence-electron chi connectivity index (χ2n) is 3.50. The minimum atomic E-state index is 0.965. The van der Waals surface area contributed by atoms with E-state index in [1.807, 2.05) is 5.38 Å². The molecule has 90 valence electrons. The van der Waals surface area contributed by atoms with Gasteiger partial charge in [-0.05, 0) is 35.2 Å². The highest BCUT2D eigenvalue weighted by Crippen LogP contribution is 2.17. The molecule has 1 aromatic heterocycles. The van der Waals surface area contributed by atoms with Gasteiger partial charge in [-0.3, -0.25) is 0 Å². The van der Waals surface area contributed by atoms with Gasteiger partial charge in [0, 0.05) is 18.1 Å². The average molecular weight is 304 g/mol. The number of hydrazine groups is 1. The lowest BCUT2D eigenvalue weighted by Crippen LogP contribution is -2.27. The molecule has 0 amide bonds. The van der Waals surface area contributed by atoms with Gasteiger partial charge in [-0.2, -0.15) is 0 Å². The van der Waals surface area contributed by atoms with E-state index in [1.165, 1.54) is 30.7 Å². The Labute approximate surface area is 109 Å². The van der Waals surface area contributed by atoms with Crippen LogP contribution in [0.1, 0.15) is 30.7 Å². The summed E-state index contributed by atoms with van der Waals surface area (Å²) in [5, 5.41) is 3.28. The summed E-state index contributed by atoms with van der Waals surface area (Å²) in [7, 11) is 0. The minimum absolute atomic E-state index is 0.965. The molecule has 2 N–H and O–H groups in total. The van der Waals surface area contributed by atoms with E-state index in [2.05, 4.69) is 38.3 Å². The number of aromatic nitrogens is 1. The van der Waals surface area contributed by atoms with E-state index in [0.717, 1.165) is 17.6 Å². The Hall–Kier alpha value is -0.390. The molecule has 5 heteroatoms. The van der Waals surface area contributed by atoms with E-state index in [9.17, 15) is 0 Å². The highest BCUT2D eigenvalue weighted by molar-refractivity contribution is 9.10. The van der Waals surface area contributed by atoms with Gasteiger partial charge in [0.25, 0.3) is 0 Å². The largest absolute Gasteiger partial charge is 0.329 e. The molecular formula is C11H18BrN3S. The van der Waals surface area contributed by atoms with Gasteiger partial charge in [-0.15, -0.1) is 11.3 Å². The molecule has 0 aromatic carbocycles. The van der Waals surface area contributed by atoms with Crippen molar-refractivity contribution in [2.24, 2.45) is 0 Å². The Bertz CT molecular complexity index is 301. The second-order valence-corrected chi connectivity index (χ2v) is 5.26. The molecule has 0 atom stereocenters. The summed E-state index contributed by atoms with van der Waals surface area (Å²) in [6.45, 7) is 4.56. The molecule has 3 nitrogen and oxygen atoms in total. The van der Waals surface area contributed by atoms with E-state index >= 15 is 0 Å². The third-order valence-corrected chi connectivity index (χ3v) is 3.79. The Morgan fingerprint density at radius 3 is 2.88 bits per heavy atom. The van der Waals surface area contributed by atoms with E-state index in [1.54, 1.807) is 17.5 Å². The summed E-state index contributed by atoms with van der Waals surface area (Å²) in [5.74, 6) is 0. The van der Waals surface area contributed by atoms with Crippen molar-refractivity contribution in [2.45, 2.75) is 32.1 Å². The van der Waals surface area contributed by atoms with E-state index in [4.69, 9.17) is 0 Å². The molecule has 0 aliphatic rings. The van der Waals surface area contributed by atoms with Gasteiger partial charge in [-0.1, -0.05) is 19.4 Å². The second kappa shape index (κ2) is 8.73. The SMILES string of the molecule is C=CNNCCCCCCc1nc(Br)cs1. The van der Waals surface area contributed by atoms with E-state index < -0.39 is 0 Å². The van der Waals surface area contributed by atoms with Gasteiger partial charge in [0.2, 0.25) is 0 Å². The fourth-order valence-electron chi connectivity index (χ4n) is 1.39. The number of halogens is 1. The molecule has 0 saturated carbocycles. The van der Waals surface area contributed by atoms with Crippen molar-refractivity contribution < 1.29 is 0 Å². The molecule has 0 aliphatic heterocycles. The van der Waals surface area contributed by atoms with Crippen molar-refractivity contribution in [2.75, 3.05) is 6.54 Å². The lowest BCUT2D eigenvalue weighted by Gasteiger charge is -2.03. The van der Waals surface area contributed by atoms with Crippen molar-refractivity contribution in [1.82, 2.24) is 15.8 Å². The predicted molar refractivity (Wildman–Crippen MR) is 73.3 cm³/mol. The van der Waals surface area contributed by atoms with Crippen molar-refractivity contribution in [3.63, 3.8) is 0 Å². The van der Waals surface area contributed by atoms with E-state index in [-0.39, 0.29) is 0 Å². The van der Waals surface area contributed by atoms with Crippen LogP contribution >= 0.6 is 27.3 Å². The first-order chi connectivity index (χ1) is 7.83. The Morgan fingerprint density at radius 2 is 2.19 bits per heavy atom. The summed E-state index contributed by atoms with van der Waals surface area (Å²) < 4.78 is 0.965. The number of aryl methyl sites for hydroxylation is 1. The molecule has 0 saturated heterocycles. The predicted octanol–water partition coefficient (Wildman–Crippen LogP) is 3.25. The maximum atomic E-state index is 4.37. The zero-order valence-corrected chi connectivity index (χ0v) is 11.7. The number of hydrogen-bond acceptors (Lipinski definition) is 4. The van der Waals surface area contributed by atoms with Crippen LogP contribution in [-0.4, -0.2) is 11.5 Å². The third-order valence-electron chi connectivity index (χ3n) is 2.17. The van der Waals surface area contributed by atoms with Crippen molar-refractivity contribution in [1.29, 1.82) is 0 Å². The Kier molecular flexibility index (Phi) is 7.46. The fourth-order valence-corrected chi connectivity index (χ4v) is 2.70. The molecule has 0 unspecified atom stereocenters. The van der Waals surface area contributed by atoms with Gasteiger partial charge < -0.3 is 5.43 Å². The summed E-state index contributed by atoms with van der Waals surface area (Å²) in [5.41, 5.74) is 5.93. The van der Waals surface area contributed by atoms with Crippen molar-refractivity contribution in [3.05, 3.63) is 27.8 Å². The molecule has 1 aromatic rings. The maximum Gasteiger partial charge on any atom is 0.117 e. The standard InChI is InChI=1S/C11H18BrN3S/c1-2-13-14-8-6-4-3-5-7-11-15-10(12)9-16-11/h2,9,13-14H,1,3-8H2. The first-order valence-electron chi connectivity index (χ1n) is 5.52. The molecule has 0 spiro atoms. The molecule has 0 bridgehead atoms. The average Bonchev–Trinajstić information content (AvgIpc) is 2.68. The summed E-state index contributed by atoms with van der Waals surface area (Å²) in [4.78, 5) is 4.37. The van der Waals surface area contributed by atoms with Gasteiger partial charge in [-0.25, -0.2) is 10.4 Å². The first-order valence-corrected chi connectivity index (χ1v) is 7.19. The van der Waals surface area contributed by atoms with Gasteiger partial charge in [0.1, 0.15) is 4.60 Å². The minimum Gasteiger partial charge on any atom is -0.329 e. The topological polar surface area (TPSA) is 37.0 Å². The third kappa shape index (κ3) is 6.25. The summed E-state index contributed by atoms with van der Waals surface area (Å²) >= 11 is 5.10. The molecule has 0 fully saturated rings. The Morgan fingerprint density at radius 1 is 1.38 bits per heavy atom. The molecule has 0 radical (unpaired) electrons. The van der Waals surface area contributed by atoms with Crippen LogP contribution in [0.25, 0.3) is 0 Å². The summed E-state index contributed by atoms with van der Waals surface area (Å²) in [6, 6.07) is 0. The van der Waals surface area contributed by atoms with Gasteiger partial charge >= 0.3 is 0 Å². The monoisotopic (exact) mass is 303 g/mol. The number of rotatable bonds is 9. The number of unbranched alkanes of at least 4 members (excludes halogenated alkanes) is 3. The normalized spacial score (nSPS) is 10.3. The Balaban J connectivity index is 1.90. The zero-order valence-electron chi connectivity index (χ0n) is 9.34. The number of hydrogen-bond donors (Lipinski definition) is 2. The molecule has 1 rings (SSSR count). The lowest BCUT2D eigenvalue weighted by atomic mass is 10.1. The van der Waals surface area contributed by atoms with Crippen LogP contribution in [0.3, 0.4) is 0 Å². The highest BCUT2D eigenvalue weighted by atomic mass is 79.9. The van der Waals surface area contributed by atoms with Crippen LogP contribution in [0.4, 0.5) is 0 Å². The highest BCUT2D eigenvalue weighted by Gasteiger charge is 1.98. The van der Waals surface area contributed by atoms with E-state index in [0.29, 0.717) is 0 Å². The van der Waals surface area contributed by atoms with Crippen LogP contribution in [-0.2, 0) is 6.42 Å². The quantitative estimate of drug-likeness (QED) is 0.543. The van der Waals surface area contributed by atoms with Crippen molar-refractivity contribution >= 4 is 27.3 Å². The van der Waals surface area contributed by atoms with Crippen LogP contribution in [0.5, 0.6) is 0 Å². The van der Waals surface area contributed by atoms with Crippen LogP contribution < -0.4 is 10.9 Å². The van der Waals surface area contributed by atoms with Gasteiger partial charge in [0.15, 0.2) is 0 Å². The van der Waals surface area contributed by atoms with Gasteiger partial charge in [0.05, 0.1) is 5.01 Å². The number of thiazole rings is 1.